The molecule has 1 amide bonds. The van der Waals surface area contributed by atoms with E-state index in [1.54, 1.807) is 19.1 Å². The second kappa shape index (κ2) is 6.83. The highest BCUT2D eigenvalue weighted by Gasteiger charge is 2.35. The minimum absolute atomic E-state index is 0.0444. The van der Waals surface area contributed by atoms with Crippen LogP contribution in [0.1, 0.15) is 18.0 Å². The number of carbonyl (C=O) groups is 1. The molecule has 0 spiro atoms. The summed E-state index contributed by atoms with van der Waals surface area (Å²) in [5.74, 6) is 0.0444. The third-order valence-electron chi connectivity index (χ3n) is 3.80. The molecule has 1 fully saturated rings. The van der Waals surface area contributed by atoms with Crippen LogP contribution in [0, 0.1) is 0 Å². The molecule has 1 saturated heterocycles. The van der Waals surface area contributed by atoms with E-state index in [4.69, 9.17) is 15.2 Å². The molecular weight excluding hydrogens is 256 g/mol. The summed E-state index contributed by atoms with van der Waals surface area (Å²) in [4.78, 5) is 14.1. The van der Waals surface area contributed by atoms with Crippen LogP contribution in [-0.2, 0) is 14.3 Å². The molecule has 1 aliphatic heterocycles. The lowest BCUT2D eigenvalue weighted by atomic mass is 10.0. The number of benzene rings is 1. The van der Waals surface area contributed by atoms with Gasteiger partial charge in [-0.2, -0.15) is 0 Å². The third kappa shape index (κ3) is 3.36. The quantitative estimate of drug-likeness (QED) is 0.871. The van der Waals surface area contributed by atoms with Gasteiger partial charge in [-0.3, -0.25) is 4.79 Å². The molecule has 5 nitrogen and oxygen atoms in total. The SMILES string of the molecule is COC1CN(C(=O)CC(N)c2ccccc2)CC1OC. The predicted molar refractivity (Wildman–Crippen MR) is 76.2 cm³/mol. The van der Waals surface area contributed by atoms with Crippen LogP contribution in [0.2, 0.25) is 0 Å². The lowest BCUT2D eigenvalue weighted by Crippen LogP contribution is -2.32. The number of nitrogens with zero attached hydrogens (tertiary/aromatic N) is 1. The van der Waals surface area contributed by atoms with Gasteiger partial charge in [0.05, 0.1) is 0 Å². The van der Waals surface area contributed by atoms with E-state index < -0.39 is 0 Å². The number of methoxy groups -OCH3 is 2. The first kappa shape index (κ1) is 15.0. The Hall–Kier alpha value is -1.43. The Morgan fingerprint density at radius 2 is 1.80 bits per heavy atom. The minimum atomic E-state index is -0.272. The van der Waals surface area contributed by atoms with Gasteiger partial charge >= 0.3 is 0 Å². The smallest absolute Gasteiger partial charge is 0.224 e. The second-order valence-corrected chi connectivity index (χ2v) is 5.07. The van der Waals surface area contributed by atoms with Gasteiger partial charge in [-0.15, -0.1) is 0 Å². The monoisotopic (exact) mass is 278 g/mol. The number of ether oxygens (including phenoxy) is 2. The first-order valence-corrected chi connectivity index (χ1v) is 6.79. The Morgan fingerprint density at radius 3 is 2.30 bits per heavy atom. The van der Waals surface area contributed by atoms with E-state index in [9.17, 15) is 4.79 Å². The highest BCUT2D eigenvalue weighted by molar-refractivity contribution is 5.77. The summed E-state index contributed by atoms with van der Waals surface area (Å²) in [5, 5.41) is 0. The maximum Gasteiger partial charge on any atom is 0.224 e. The summed E-state index contributed by atoms with van der Waals surface area (Å²) in [6.07, 6.45) is 0.186. The summed E-state index contributed by atoms with van der Waals surface area (Å²) < 4.78 is 10.7. The first-order valence-electron chi connectivity index (χ1n) is 6.79. The molecule has 3 atom stereocenters. The molecule has 0 bridgehead atoms. The van der Waals surface area contributed by atoms with E-state index in [0.717, 1.165) is 5.56 Å². The fourth-order valence-electron chi connectivity index (χ4n) is 2.54. The van der Waals surface area contributed by atoms with Crippen molar-refractivity contribution in [3.63, 3.8) is 0 Å². The van der Waals surface area contributed by atoms with Crippen molar-refractivity contribution in [2.45, 2.75) is 24.7 Å². The van der Waals surface area contributed by atoms with Gasteiger partial charge in [0.2, 0.25) is 5.91 Å². The summed E-state index contributed by atoms with van der Waals surface area (Å²) in [7, 11) is 3.28. The molecule has 5 heteroatoms. The largest absolute Gasteiger partial charge is 0.377 e. The van der Waals surface area contributed by atoms with Crippen molar-refractivity contribution in [3.05, 3.63) is 35.9 Å². The van der Waals surface area contributed by atoms with Crippen molar-refractivity contribution in [1.82, 2.24) is 4.90 Å². The van der Waals surface area contributed by atoms with Crippen molar-refractivity contribution in [1.29, 1.82) is 0 Å². The molecule has 1 aromatic carbocycles. The fourth-order valence-corrected chi connectivity index (χ4v) is 2.54. The Morgan fingerprint density at radius 1 is 1.25 bits per heavy atom. The number of carbonyl (C=O) groups excluding carboxylic acids is 1. The maximum absolute atomic E-state index is 12.3. The molecule has 0 saturated carbocycles. The second-order valence-electron chi connectivity index (χ2n) is 5.07. The van der Waals surface area contributed by atoms with Crippen molar-refractivity contribution < 1.29 is 14.3 Å². The van der Waals surface area contributed by atoms with Gasteiger partial charge in [0, 0.05) is 39.8 Å². The van der Waals surface area contributed by atoms with E-state index in [-0.39, 0.29) is 24.2 Å². The van der Waals surface area contributed by atoms with Crippen LogP contribution in [0.5, 0.6) is 0 Å². The number of nitrogens with two attached hydrogens (primary N) is 1. The average Bonchev–Trinajstić information content (AvgIpc) is 2.91. The number of hydrogen-bond acceptors (Lipinski definition) is 4. The topological polar surface area (TPSA) is 64.8 Å². The van der Waals surface area contributed by atoms with Crippen LogP contribution >= 0.6 is 0 Å². The van der Waals surface area contributed by atoms with Crippen molar-refractivity contribution in [2.75, 3.05) is 27.3 Å². The molecule has 0 aromatic heterocycles. The summed E-state index contributed by atoms with van der Waals surface area (Å²) in [5.41, 5.74) is 7.07. The Labute approximate surface area is 119 Å². The highest BCUT2D eigenvalue weighted by atomic mass is 16.5. The van der Waals surface area contributed by atoms with Crippen LogP contribution in [0.25, 0.3) is 0 Å². The van der Waals surface area contributed by atoms with Gasteiger partial charge < -0.3 is 20.1 Å². The van der Waals surface area contributed by atoms with Crippen LogP contribution in [0.3, 0.4) is 0 Å². The maximum atomic E-state index is 12.3. The average molecular weight is 278 g/mol. The lowest BCUT2D eigenvalue weighted by molar-refractivity contribution is -0.131. The molecule has 2 N–H and O–H groups in total. The first-order chi connectivity index (χ1) is 9.65. The van der Waals surface area contributed by atoms with Gasteiger partial charge in [-0.05, 0) is 5.56 Å². The molecule has 1 aliphatic rings. The summed E-state index contributed by atoms with van der Waals surface area (Å²) >= 11 is 0. The number of rotatable bonds is 5. The van der Waals surface area contributed by atoms with Gasteiger partial charge in [0.1, 0.15) is 12.2 Å². The lowest BCUT2D eigenvalue weighted by Gasteiger charge is -2.19. The predicted octanol–water partition coefficient (Wildman–Crippen LogP) is 0.949. The van der Waals surface area contributed by atoms with Crippen molar-refractivity contribution >= 4 is 5.91 Å². The summed E-state index contributed by atoms with van der Waals surface area (Å²) in [6.45, 7) is 1.13. The number of hydrogen-bond donors (Lipinski definition) is 1. The zero-order valence-corrected chi connectivity index (χ0v) is 12.0. The molecule has 1 heterocycles. The number of amides is 1. The normalized spacial score (nSPS) is 23.9. The summed E-state index contributed by atoms with van der Waals surface area (Å²) in [6, 6.07) is 9.40. The van der Waals surface area contributed by atoms with Crippen LogP contribution in [0.15, 0.2) is 30.3 Å². The molecule has 110 valence electrons. The Bertz CT molecular complexity index is 426. The fraction of sp³-hybridized carbons (Fsp3) is 0.533. The molecule has 0 aliphatic carbocycles. The van der Waals surface area contributed by atoms with Crippen LogP contribution < -0.4 is 5.73 Å². The van der Waals surface area contributed by atoms with E-state index in [0.29, 0.717) is 19.5 Å². The molecule has 3 unspecified atom stereocenters. The zero-order chi connectivity index (χ0) is 14.5. The molecule has 20 heavy (non-hydrogen) atoms. The highest BCUT2D eigenvalue weighted by Crippen LogP contribution is 2.20. The van der Waals surface area contributed by atoms with Crippen molar-refractivity contribution in [2.24, 2.45) is 5.73 Å². The zero-order valence-electron chi connectivity index (χ0n) is 12.0. The van der Waals surface area contributed by atoms with Gasteiger partial charge in [-0.25, -0.2) is 0 Å². The van der Waals surface area contributed by atoms with Gasteiger partial charge in [0.15, 0.2) is 0 Å². The van der Waals surface area contributed by atoms with Crippen molar-refractivity contribution in [3.8, 4) is 0 Å². The molecular formula is C15H22N2O3. The van der Waals surface area contributed by atoms with E-state index in [2.05, 4.69) is 0 Å². The standard InChI is InChI=1S/C15H22N2O3/c1-19-13-9-17(10-14(13)20-2)15(18)8-12(16)11-6-4-3-5-7-11/h3-7,12-14H,8-10,16H2,1-2H3. The van der Waals surface area contributed by atoms with E-state index >= 15 is 0 Å². The molecule has 1 aromatic rings. The molecule has 0 radical (unpaired) electrons. The Kier molecular flexibility index (Phi) is 5.11. The van der Waals surface area contributed by atoms with Crippen LogP contribution in [0.4, 0.5) is 0 Å². The minimum Gasteiger partial charge on any atom is -0.377 e. The van der Waals surface area contributed by atoms with E-state index in [1.165, 1.54) is 0 Å². The van der Waals surface area contributed by atoms with Gasteiger partial charge in [-0.1, -0.05) is 30.3 Å². The van der Waals surface area contributed by atoms with Gasteiger partial charge in [0.25, 0.3) is 0 Å². The third-order valence-corrected chi connectivity index (χ3v) is 3.80. The number of likely N-dealkylation sites (tertiary alicyclic amines) is 1. The van der Waals surface area contributed by atoms with E-state index in [1.807, 2.05) is 30.3 Å². The Balaban J connectivity index is 1.93. The van der Waals surface area contributed by atoms with Crippen LogP contribution in [-0.4, -0.2) is 50.3 Å². The molecule has 2 rings (SSSR count).